The van der Waals surface area contributed by atoms with Gasteiger partial charge in [-0.25, -0.2) is 0 Å². The summed E-state index contributed by atoms with van der Waals surface area (Å²) in [7, 11) is 3.75. The molecule has 0 saturated heterocycles. The van der Waals surface area contributed by atoms with E-state index in [0.717, 1.165) is 11.0 Å². The first-order valence-electron chi connectivity index (χ1n) is 4.14. The van der Waals surface area contributed by atoms with Crippen molar-refractivity contribution in [2.24, 2.45) is 14.1 Å². The van der Waals surface area contributed by atoms with E-state index in [1.165, 1.54) is 0 Å². The van der Waals surface area contributed by atoms with Gasteiger partial charge in [0.1, 0.15) is 12.6 Å². The molecule has 0 fully saturated rings. The Bertz CT molecular complexity index is 514. The molecule has 0 aromatic carbocycles. The van der Waals surface area contributed by atoms with Crippen molar-refractivity contribution >= 4 is 11.0 Å². The smallest absolute Gasteiger partial charge is 0.251 e. The van der Waals surface area contributed by atoms with Crippen molar-refractivity contribution in [3.05, 3.63) is 40.8 Å². The van der Waals surface area contributed by atoms with E-state index in [4.69, 9.17) is 0 Å². The van der Waals surface area contributed by atoms with Gasteiger partial charge < -0.3 is 4.57 Å². The van der Waals surface area contributed by atoms with E-state index < -0.39 is 0 Å². The van der Waals surface area contributed by atoms with Crippen LogP contribution in [0, 0.1) is 0 Å². The van der Waals surface area contributed by atoms with Crippen LogP contribution >= 0.6 is 0 Å². The highest BCUT2D eigenvalue weighted by molar-refractivity contribution is 5.70. The van der Waals surface area contributed by atoms with Crippen molar-refractivity contribution in [1.29, 1.82) is 0 Å². The van der Waals surface area contributed by atoms with E-state index in [-0.39, 0.29) is 5.56 Å². The Balaban J connectivity index is 3.03. The molecule has 2 aromatic rings. The number of fused-ring (bicyclic) bond motifs is 1. The molecule has 13 heavy (non-hydrogen) atoms. The van der Waals surface area contributed by atoms with Crippen molar-refractivity contribution in [2.75, 3.05) is 0 Å². The third-order valence-electron chi connectivity index (χ3n) is 2.28. The maximum atomic E-state index is 11.3. The average molecular weight is 175 g/mol. The summed E-state index contributed by atoms with van der Waals surface area (Å²) in [6, 6.07) is 7.30. The molecule has 0 radical (unpaired) electrons. The van der Waals surface area contributed by atoms with Gasteiger partial charge >= 0.3 is 0 Å². The second-order valence-electron chi connectivity index (χ2n) is 3.12. The van der Waals surface area contributed by atoms with Crippen LogP contribution in [0.15, 0.2) is 35.3 Å². The number of nitrogens with zero attached hydrogens (tertiary/aromatic N) is 2. The number of aryl methyl sites for hydroxylation is 2. The van der Waals surface area contributed by atoms with Crippen LogP contribution in [0.25, 0.3) is 11.0 Å². The zero-order valence-corrected chi connectivity index (χ0v) is 7.69. The second-order valence-corrected chi connectivity index (χ2v) is 3.12. The predicted molar refractivity (Wildman–Crippen MR) is 50.4 cm³/mol. The number of rotatable bonds is 0. The third-order valence-corrected chi connectivity index (χ3v) is 2.28. The highest BCUT2D eigenvalue weighted by Crippen LogP contribution is 2.03. The number of pyridine rings is 2. The first-order valence-corrected chi connectivity index (χ1v) is 4.14. The summed E-state index contributed by atoms with van der Waals surface area (Å²) in [5.41, 5.74) is 2.04. The van der Waals surface area contributed by atoms with E-state index in [9.17, 15) is 4.79 Å². The molecule has 0 aliphatic carbocycles. The SMILES string of the molecule is Cn1c(=O)ccc2c1ccc[n+]2C. The zero-order valence-electron chi connectivity index (χ0n) is 7.69. The predicted octanol–water partition coefficient (Wildman–Crippen LogP) is 0.363. The Labute approximate surface area is 75.9 Å². The first kappa shape index (κ1) is 7.98. The Hall–Kier alpha value is -1.64. The highest BCUT2D eigenvalue weighted by atomic mass is 16.1. The minimum absolute atomic E-state index is 0.0266. The molecule has 3 heteroatoms. The molecular weight excluding hydrogens is 164 g/mol. The van der Waals surface area contributed by atoms with Crippen LogP contribution in [0.3, 0.4) is 0 Å². The van der Waals surface area contributed by atoms with Crippen LogP contribution < -0.4 is 10.1 Å². The fourth-order valence-corrected chi connectivity index (χ4v) is 1.48. The molecule has 0 N–H and O–H groups in total. The van der Waals surface area contributed by atoms with Gasteiger partial charge in [-0.15, -0.1) is 0 Å². The standard InChI is InChI=1S/C10H11N2O/c1-11-7-3-4-9-8(11)5-6-10(13)12(9)2/h3-7H,1-2H3/q+1. The third kappa shape index (κ3) is 1.13. The van der Waals surface area contributed by atoms with Gasteiger partial charge in [0.25, 0.3) is 5.56 Å². The summed E-state index contributed by atoms with van der Waals surface area (Å²) in [4.78, 5) is 11.3. The molecule has 2 heterocycles. The minimum atomic E-state index is 0.0266. The molecule has 2 rings (SSSR count). The van der Waals surface area contributed by atoms with Crippen LogP contribution in [0.2, 0.25) is 0 Å². The number of aromatic nitrogens is 2. The summed E-state index contributed by atoms with van der Waals surface area (Å²) in [6.07, 6.45) is 1.97. The number of hydrogen-bond donors (Lipinski definition) is 0. The lowest BCUT2D eigenvalue weighted by Crippen LogP contribution is -2.30. The summed E-state index contributed by atoms with van der Waals surface area (Å²) < 4.78 is 3.64. The maximum Gasteiger partial charge on any atom is 0.251 e. The van der Waals surface area contributed by atoms with Gasteiger partial charge in [0.2, 0.25) is 5.52 Å². The quantitative estimate of drug-likeness (QED) is 0.531. The molecule has 0 atom stereocenters. The minimum Gasteiger partial charge on any atom is -0.306 e. The molecule has 0 unspecified atom stereocenters. The molecule has 0 amide bonds. The van der Waals surface area contributed by atoms with Crippen LogP contribution in [0.5, 0.6) is 0 Å². The summed E-state index contributed by atoms with van der Waals surface area (Å²) in [6.45, 7) is 0. The van der Waals surface area contributed by atoms with Crippen LogP contribution in [0.1, 0.15) is 0 Å². The lowest BCUT2D eigenvalue weighted by molar-refractivity contribution is -0.645. The van der Waals surface area contributed by atoms with Gasteiger partial charge in [-0.3, -0.25) is 4.79 Å². The van der Waals surface area contributed by atoms with Gasteiger partial charge in [-0.05, 0) is 6.07 Å². The molecular formula is C10H11N2O+. The van der Waals surface area contributed by atoms with Gasteiger partial charge in [0.05, 0.1) is 0 Å². The van der Waals surface area contributed by atoms with Crippen molar-refractivity contribution in [2.45, 2.75) is 0 Å². The molecule has 0 bridgehead atoms. The molecule has 0 aliphatic rings. The van der Waals surface area contributed by atoms with Crippen molar-refractivity contribution in [1.82, 2.24) is 4.57 Å². The Kier molecular flexibility index (Phi) is 1.65. The fraction of sp³-hybridized carbons (Fsp3) is 0.200. The summed E-state index contributed by atoms with van der Waals surface area (Å²) in [5, 5.41) is 0. The summed E-state index contributed by atoms with van der Waals surface area (Å²) >= 11 is 0. The normalized spacial score (nSPS) is 10.6. The van der Waals surface area contributed by atoms with Crippen molar-refractivity contribution in [3.63, 3.8) is 0 Å². The van der Waals surface area contributed by atoms with E-state index in [2.05, 4.69) is 0 Å². The van der Waals surface area contributed by atoms with Gasteiger partial charge in [-0.1, -0.05) is 0 Å². The lowest BCUT2D eigenvalue weighted by atomic mass is 10.3. The Morgan fingerprint density at radius 1 is 1.31 bits per heavy atom. The lowest BCUT2D eigenvalue weighted by Gasteiger charge is -2.00. The molecule has 66 valence electrons. The molecule has 0 spiro atoms. The largest absolute Gasteiger partial charge is 0.306 e. The van der Waals surface area contributed by atoms with Crippen molar-refractivity contribution in [3.8, 4) is 0 Å². The second kappa shape index (κ2) is 2.69. The van der Waals surface area contributed by atoms with Gasteiger partial charge in [0.15, 0.2) is 6.20 Å². The van der Waals surface area contributed by atoms with Gasteiger partial charge in [-0.2, -0.15) is 4.57 Å². The Morgan fingerprint density at radius 2 is 2.08 bits per heavy atom. The monoisotopic (exact) mass is 175 g/mol. The maximum absolute atomic E-state index is 11.3. The summed E-state index contributed by atoms with van der Waals surface area (Å²) in [5.74, 6) is 0. The number of hydrogen-bond acceptors (Lipinski definition) is 1. The topological polar surface area (TPSA) is 25.9 Å². The van der Waals surface area contributed by atoms with E-state index >= 15 is 0 Å². The van der Waals surface area contributed by atoms with E-state index in [1.807, 2.05) is 36.0 Å². The van der Waals surface area contributed by atoms with Crippen LogP contribution in [0.4, 0.5) is 0 Å². The van der Waals surface area contributed by atoms with Crippen LogP contribution in [-0.4, -0.2) is 4.57 Å². The fourth-order valence-electron chi connectivity index (χ4n) is 1.48. The highest BCUT2D eigenvalue weighted by Gasteiger charge is 2.05. The van der Waals surface area contributed by atoms with Crippen molar-refractivity contribution < 1.29 is 4.57 Å². The van der Waals surface area contributed by atoms with E-state index in [0.29, 0.717) is 0 Å². The molecule has 3 nitrogen and oxygen atoms in total. The molecule has 0 saturated carbocycles. The average Bonchev–Trinajstić information content (AvgIpc) is 2.12. The molecule has 0 aliphatic heterocycles. The van der Waals surface area contributed by atoms with E-state index in [1.54, 1.807) is 17.7 Å². The van der Waals surface area contributed by atoms with Crippen LogP contribution in [-0.2, 0) is 14.1 Å². The molecule has 2 aromatic heterocycles. The zero-order chi connectivity index (χ0) is 9.42. The van der Waals surface area contributed by atoms with Gasteiger partial charge in [0, 0.05) is 25.2 Å². The first-order chi connectivity index (χ1) is 6.20. The Morgan fingerprint density at radius 3 is 2.85 bits per heavy atom.